The molecular formula is C14H16N4O3. The number of carbonyl (C=O) groups excluding carboxylic acids is 1. The Morgan fingerprint density at radius 1 is 1.33 bits per heavy atom. The van der Waals surface area contributed by atoms with Gasteiger partial charge in [-0.05, 0) is 19.4 Å². The zero-order valence-corrected chi connectivity index (χ0v) is 11.8. The van der Waals surface area contributed by atoms with E-state index in [4.69, 9.17) is 4.74 Å². The van der Waals surface area contributed by atoms with E-state index in [-0.39, 0.29) is 11.8 Å². The zero-order chi connectivity index (χ0) is 15.2. The van der Waals surface area contributed by atoms with Gasteiger partial charge in [0.15, 0.2) is 0 Å². The van der Waals surface area contributed by atoms with Gasteiger partial charge in [0.2, 0.25) is 17.7 Å². The van der Waals surface area contributed by atoms with Crippen LogP contribution in [0.2, 0.25) is 0 Å². The van der Waals surface area contributed by atoms with Gasteiger partial charge in [-0.3, -0.25) is 0 Å². The molecule has 2 heterocycles. The molecule has 7 nitrogen and oxygen atoms in total. The minimum atomic E-state index is -0.146. The van der Waals surface area contributed by atoms with Crippen molar-refractivity contribution in [3.05, 3.63) is 29.6 Å². The maximum absolute atomic E-state index is 10.4. The summed E-state index contributed by atoms with van der Waals surface area (Å²) >= 11 is 0. The molecule has 7 heteroatoms. The van der Waals surface area contributed by atoms with Crippen LogP contribution in [0.4, 0.5) is 11.6 Å². The lowest BCUT2D eigenvalue weighted by atomic mass is 10.2. The first-order valence-electron chi connectivity index (χ1n) is 6.41. The number of ether oxygens (including phenoxy) is 1. The van der Waals surface area contributed by atoms with Gasteiger partial charge in [0.25, 0.3) is 0 Å². The lowest BCUT2D eigenvalue weighted by Gasteiger charge is -2.10. The predicted octanol–water partition coefficient (Wildman–Crippen LogP) is 1.77. The van der Waals surface area contributed by atoms with Gasteiger partial charge in [0.1, 0.15) is 6.29 Å². The summed E-state index contributed by atoms with van der Waals surface area (Å²) in [5, 5.41) is 12.6. The van der Waals surface area contributed by atoms with Crippen LogP contribution < -0.4 is 10.1 Å². The first-order chi connectivity index (χ1) is 10.1. The third-order valence-corrected chi connectivity index (χ3v) is 2.80. The number of hydrogen-bond donors (Lipinski definition) is 2. The number of nitrogens with one attached hydrogen (secondary N) is 1. The number of aldehydes is 1. The number of rotatable bonds is 6. The van der Waals surface area contributed by atoms with Crippen LogP contribution in [-0.4, -0.2) is 33.5 Å². The number of nitrogens with zero attached hydrogens (tertiary/aromatic N) is 3. The van der Waals surface area contributed by atoms with Gasteiger partial charge < -0.3 is 20.0 Å². The van der Waals surface area contributed by atoms with Crippen LogP contribution in [0.15, 0.2) is 18.2 Å². The number of pyridine rings is 1. The molecular weight excluding hydrogens is 272 g/mol. The summed E-state index contributed by atoms with van der Waals surface area (Å²) in [6, 6.07) is 4.94. The van der Waals surface area contributed by atoms with E-state index in [1.54, 1.807) is 19.2 Å². The van der Waals surface area contributed by atoms with Crippen LogP contribution in [0.3, 0.4) is 0 Å². The maximum Gasteiger partial charge on any atom is 0.230 e. The van der Waals surface area contributed by atoms with E-state index >= 15 is 0 Å². The number of methoxy groups -OCH3 is 1. The fraction of sp³-hybridized carbons (Fsp3) is 0.286. The molecule has 110 valence electrons. The summed E-state index contributed by atoms with van der Waals surface area (Å²) in [5.41, 5.74) is 2.02. The number of hydrogen-bond acceptors (Lipinski definition) is 7. The molecule has 21 heavy (non-hydrogen) atoms. The fourth-order valence-corrected chi connectivity index (χ4v) is 1.78. The Bertz CT molecular complexity index is 646. The number of aromatic nitrogens is 3. The van der Waals surface area contributed by atoms with E-state index in [1.807, 2.05) is 6.92 Å². The van der Waals surface area contributed by atoms with Crippen molar-refractivity contribution in [1.82, 2.24) is 15.0 Å². The molecule has 0 amide bonds. The van der Waals surface area contributed by atoms with Crippen LogP contribution >= 0.6 is 0 Å². The average molecular weight is 288 g/mol. The van der Waals surface area contributed by atoms with Gasteiger partial charge in [0.05, 0.1) is 24.2 Å². The van der Waals surface area contributed by atoms with Gasteiger partial charge in [-0.1, -0.05) is 0 Å². The molecule has 0 aliphatic carbocycles. The lowest BCUT2D eigenvalue weighted by molar-refractivity contribution is -0.107. The Morgan fingerprint density at radius 3 is 2.81 bits per heavy atom. The van der Waals surface area contributed by atoms with Crippen LogP contribution in [0, 0.1) is 6.92 Å². The van der Waals surface area contributed by atoms with Crippen LogP contribution in [0.5, 0.6) is 11.8 Å². The van der Waals surface area contributed by atoms with Crippen molar-refractivity contribution < 1.29 is 14.6 Å². The Hall–Kier alpha value is -2.70. The molecule has 0 bridgehead atoms. The van der Waals surface area contributed by atoms with Crippen molar-refractivity contribution >= 4 is 17.9 Å². The molecule has 0 saturated heterocycles. The third kappa shape index (κ3) is 3.88. The Labute approximate surface area is 122 Å². The van der Waals surface area contributed by atoms with Gasteiger partial charge in [-0.2, -0.15) is 4.98 Å². The summed E-state index contributed by atoms with van der Waals surface area (Å²) in [5.74, 6) is 0.625. The highest BCUT2D eigenvalue weighted by Gasteiger charge is 2.07. The number of anilines is 2. The van der Waals surface area contributed by atoms with Crippen LogP contribution in [-0.2, 0) is 11.2 Å². The second kappa shape index (κ2) is 6.65. The monoisotopic (exact) mass is 288 g/mol. The van der Waals surface area contributed by atoms with E-state index in [0.29, 0.717) is 30.1 Å². The van der Waals surface area contributed by atoms with Gasteiger partial charge in [-0.25, -0.2) is 9.97 Å². The quantitative estimate of drug-likeness (QED) is 0.782. The highest BCUT2D eigenvalue weighted by atomic mass is 16.5. The van der Waals surface area contributed by atoms with Crippen molar-refractivity contribution in [2.45, 2.75) is 19.8 Å². The minimum Gasteiger partial charge on any atom is -0.493 e. The largest absolute Gasteiger partial charge is 0.493 e. The molecule has 0 aliphatic rings. The topological polar surface area (TPSA) is 97.2 Å². The van der Waals surface area contributed by atoms with E-state index in [9.17, 15) is 9.90 Å². The second-order valence-electron chi connectivity index (χ2n) is 4.36. The van der Waals surface area contributed by atoms with E-state index < -0.39 is 0 Å². The highest BCUT2D eigenvalue weighted by Crippen LogP contribution is 2.21. The summed E-state index contributed by atoms with van der Waals surface area (Å²) in [6.45, 7) is 1.82. The van der Waals surface area contributed by atoms with Crippen molar-refractivity contribution in [2.24, 2.45) is 0 Å². The molecule has 0 fully saturated rings. The second-order valence-corrected chi connectivity index (χ2v) is 4.36. The molecule has 0 saturated carbocycles. The summed E-state index contributed by atoms with van der Waals surface area (Å²) in [4.78, 5) is 22.8. The van der Waals surface area contributed by atoms with E-state index in [1.165, 1.54) is 6.07 Å². The standard InChI is InChI=1S/C14H16N4O3/c1-9-11(5-6-13(15-9)21-2)17-14-16-10(4-3-7-19)8-12(20)18-14/h5-8H,3-4H2,1-2H3,(H2,16,17,18,20). The molecule has 2 aromatic rings. The maximum atomic E-state index is 10.4. The van der Waals surface area contributed by atoms with Crippen molar-refractivity contribution in [1.29, 1.82) is 0 Å². The fourth-order valence-electron chi connectivity index (χ4n) is 1.78. The Balaban J connectivity index is 2.22. The summed E-state index contributed by atoms with van der Waals surface area (Å²) < 4.78 is 5.04. The van der Waals surface area contributed by atoms with Gasteiger partial charge in [0, 0.05) is 18.6 Å². The average Bonchev–Trinajstić information content (AvgIpc) is 2.46. The normalized spacial score (nSPS) is 10.2. The number of aryl methyl sites for hydroxylation is 2. The van der Waals surface area contributed by atoms with Crippen molar-refractivity contribution in [2.75, 3.05) is 12.4 Å². The van der Waals surface area contributed by atoms with E-state index in [0.717, 1.165) is 12.0 Å². The van der Waals surface area contributed by atoms with Crippen molar-refractivity contribution in [3.8, 4) is 11.8 Å². The van der Waals surface area contributed by atoms with Crippen LogP contribution in [0.25, 0.3) is 0 Å². The van der Waals surface area contributed by atoms with E-state index in [2.05, 4.69) is 20.3 Å². The van der Waals surface area contributed by atoms with Gasteiger partial charge >= 0.3 is 0 Å². The SMILES string of the molecule is COc1ccc(Nc2nc(O)cc(CCC=O)n2)c(C)n1. The van der Waals surface area contributed by atoms with Crippen LogP contribution in [0.1, 0.15) is 17.8 Å². The lowest BCUT2D eigenvalue weighted by Crippen LogP contribution is -2.03. The Kier molecular flexibility index (Phi) is 4.65. The first-order valence-corrected chi connectivity index (χ1v) is 6.41. The molecule has 0 spiro atoms. The highest BCUT2D eigenvalue weighted by molar-refractivity contribution is 5.57. The van der Waals surface area contributed by atoms with Crippen molar-refractivity contribution in [3.63, 3.8) is 0 Å². The summed E-state index contributed by atoms with van der Waals surface area (Å²) in [7, 11) is 1.55. The zero-order valence-electron chi connectivity index (χ0n) is 11.8. The molecule has 0 unspecified atom stereocenters. The smallest absolute Gasteiger partial charge is 0.230 e. The molecule has 0 atom stereocenters. The first kappa shape index (κ1) is 14.7. The number of aromatic hydroxyl groups is 1. The molecule has 0 radical (unpaired) electrons. The van der Waals surface area contributed by atoms with Gasteiger partial charge in [-0.15, -0.1) is 0 Å². The molecule has 2 N–H and O–H groups in total. The predicted molar refractivity (Wildman–Crippen MR) is 76.9 cm³/mol. The minimum absolute atomic E-state index is 0.146. The Morgan fingerprint density at radius 2 is 2.14 bits per heavy atom. The molecule has 2 rings (SSSR count). The third-order valence-electron chi connectivity index (χ3n) is 2.80. The molecule has 0 aliphatic heterocycles. The summed E-state index contributed by atoms with van der Waals surface area (Å²) in [6.07, 6.45) is 1.61. The number of carbonyl (C=O) groups is 1. The molecule has 0 aromatic carbocycles. The molecule has 2 aromatic heterocycles.